The van der Waals surface area contributed by atoms with Gasteiger partial charge in [-0.3, -0.25) is 10.1 Å². The molecule has 0 saturated heterocycles. The number of ether oxygens (including phenoxy) is 1. The van der Waals surface area contributed by atoms with Gasteiger partial charge in [-0.1, -0.05) is 53.0 Å². The summed E-state index contributed by atoms with van der Waals surface area (Å²) < 4.78 is 12.7. The minimum Gasteiger partial charge on any atom is -0.484 e. The van der Waals surface area contributed by atoms with Gasteiger partial charge in [-0.15, -0.1) is 5.10 Å². The highest BCUT2D eigenvalue weighted by Crippen LogP contribution is 2.32. The number of hydrogen-bond acceptors (Lipinski definition) is 5. The van der Waals surface area contributed by atoms with E-state index in [-0.39, 0.29) is 18.3 Å². The van der Waals surface area contributed by atoms with Gasteiger partial charge in [-0.25, -0.2) is 9.67 Å². The standard InChI is InChI=1S/C21H15Cl3N4O3/c22-14-4-1-3-13(9-14)10-28-12-25-21(27-28)26-20(29)18-8-7-15(31-18)11-30-17-6-2-5-16(23)19(17)24/h1-9,12H,10-11H2,(H,26,27,29). The van der Waals surface area contributed by atoms with Crippen LogP contribution in [0.2, 0.25) is 15.1 Å². The van der Waals surface area contributed by atoms with Crippen LogP contribution >= 0.6 is 34.8 Å². The Morgan fingerprint density at radius 1 is 1.10 bits per heavy atom. The molecule has 0 unspecified atom stereocenters. The third-order valence-electron chi connectivity index (χ3n) is 4.17. The van der Waals surface area contributed by atoms with Gasteiger partial charge in [0.2, 0.25) is 5.95 Å². The Labute approximate surface area is 192 Å². The van der Waals surface area contributed by atoms with E-state index in [9.17, 15) is 4.79 Å². The van der Waals surface area contributed by atoms with Gasteiger partial charge in [0.25, 0.3) is 5.91 Å². The van der Waals surface area contributed by atoms with Crippen LogP contribution < -0.4 is 10.1 Å². The smallest absolute Gasteiger partial charge is 0.293 e. The zero-order chi connectivity index (χ0) is 21.8. The van der Waals surface area contributed by atoms with E-state index in [2.05, 4.69) is 15.4 Å². The highest BCUT2D eigenvalue weighted by atomic mass is 35.5. The van der Waals surface area contributed by atoms with Crippen LogP contribution in [0.3, 0.4) is 0 Å². The summed E-state index contributed by atoms with van der Waals surface area (Å²) in [6, 6.07) is 15.7. The van der Waals surface area contributed by atoms with Crippen LogP contribution in [0.1, 0.15) is 21.9 Å². The number of nitrogens with zero attached hydrogens (tertiary/aromatic N) is 3. The third-order valence-corrected chi connectivity index (χ3v) is 5.20. The summed E-state index contributed by atoms with van der Waals surface area (Å²) in [6.45, 7) is 0.553. The van der Waals surface area contributed by atoms with Crippen molar-refractivity contribution in [2.45, 2.75) is 13.2 Å². The van der Waals surface area contributed by atoms with Crippen molar-refractivity contribution in [3.8, 4) is 5.75 Å². The lowest BCUT2D eigenvalue weighted by Gasteiger charge is -2.07. The molecule has 0 aliphatic rings. The van der Waals surface area contributed by atoms with E-state index < -0.39 is 5.91 Å². The minimum atomic E-state index is -0.479. The number of carbonyl (C=O) groups is 1. The fourth-order valence-corrected chi connectivity index (χ4v) is 3.29. The molecule has 158 valence electrons. The molecular formula is C21H15Cl3N4O3. The van der Waals surface area contributed by atoms with Crippen LogP contribution in [0, 0.1) is 0 Å². The summed E-state index contributed by atoms with van der Waals surface area (Å²) in [4.78, 5) is 16.5. The van der Waals surface area contributed by atoms with Gasteiger partial charge in [0, 0.05) is 5.02 Å². The summed E-state index contributed by atoms with van der Waals surface area (Å²) in [7, 11) is 0. The van der Waals surface area contributed by atoms with Gasteiger partial charge in [-0.05, 0) is 42.0 Å². The molecule has 4 aromatic rings. The predicted molar refractivity (Wildman–Crippen MR) is 118 cm³/mol. The first-order chi connectivity index (χ1) is 15.0. The van der Waals surface area contributed by atoms with Crippen molar-refractivity contribution >= 4 is 46.7 Å². The van der Waals surface area contributed by atoms with Gasteiger partial charge >= 0.3 is 0 Å². The first-order valence-electron chi connectivity index (χ1n) is 9.09. The quantitative estimate of drug-likeness (QED) is 0.368. The molecule has 0 radical (unpaired) electrons. The van der Waals surface area contributed by atoms with Crippen molar-refractivity contribution in [2.75, 3.05) is 5.32 Å². The number of anilines is 1. The molecule has 7 nitrogen and oxygen atoms in total. The second-order valence-electron chi connectivity index (χ2n) is 6.46. The molecule has 0 bridgehead atoms. The minimum absolute atomic E-state index is 0.0832. The second-order valence-corrected chi connectivity index (χ2v) is 7.68. The van der Waals surface area contributed by atoms with Crippen LogP contribution in [-0.4, -0.2) is 20.7 Å². The molecule has 4 rings (SSSR count). The molecule has 0 aliphatic carbocycles. The number of hydrogen-bond donors (Lipinski definition) is 1. The van der Waals surface area contributed by atoms with Crippen molar-refractivity contribution in [3.05, 3.63) is 93.1 Å². The maximum atomic E-state index is 12.4. The average Bonchev–Trinajstić information content (AvgIpc) is 3.39. The molecule has 0 aliphatic heterocycles. The van der Waals surface area contributed by atoms with Gasteiger partial charge in [-0.2, -0.15) is 0 Å². The molecule has 0 fully saturated rings. The zero-order valence-corrected chi connectivity index (χ0v) is 18.2. The van der Waals surface area contributed by atoms with Gasteiger partial charge in [0.05, 0.1) is 11.6 Å². The van der Waals surface area contributed by atoms with E-state index in [1.165, 1.54) is 12.4 Å². The largest absolute Gasteiger partial charge is 0.484 e. The molecular weight excluding hydrogens is 463 g/mol. The average molecular weight is 478 g/mol. The Kier molecular flexibility index (Phi) is 6.46. The van der Waals surface area contributed by atoms with Crippen molar-refractivity contribution in [3.63, 3.8) is 0 Å². The van der Waals surface area contributed by atoms with Crippen LogP contribution in [0.5, 0.6) is 5.75 Å². The number of furan rings is 1. The number of benzene rings is 2. The number of rotatable bonds is 7. The van der Waals surface area contributed by atoms with Crippen LogP contribution in [-0.2, 0) is 13.2 Å². The molecule has 2 heterocycles. The van der Waals surface area contributed by atoms with E-state index >= 15 is 0 Å². The van der Waals surface area contributed by atoms with E-state index in [1.54, 1.807) is 35.0 Å². The van der Waals surface area contributed by atoms with Crippen molar-refractivity contribution in [1.29, 1.82) is 0 Å². The van der Waals surface area contributed by atoms with Crippen molar-refractivity contribution < 1.29 is 13.9 Å². The Balaban J connectivity index is 1.35. The van der Waals surface area contributed by atoms with Crippen LogP contribution in [0.15, 0.2) is 65.3 Å². The molecule has 10 heteroatoms. The van der Waals surface area contributed by atoms with E-state index in [4.69, 9.17) is 44.0 Å². The zero-order valence-electron chi connectivity index (χ0n) is 15.9. The predicted octanol–water partition coefficient (Wildman–Crippen LogP) is 5.71. The maximum Gasteiger partial charge on any atom is 0.293 e. The lowest BCUT2D eigenvalue weighted by atomic mass is 10.2. The van der Waals surface area contributed by atoms with E-state index in [0.717, 1.165) is 5.56 Å². The number of amides is 1. The molecule has 0 saturated carbocycles. The summed E-state index contributed by atoms with van der Waals surface area (Å²) >= 11 is 18.0. The Morgan fingerprint density at radius 3 is 2.77 bits per heavy atom. The molecule has 2 aromatic heterocycles. The van der Waals surface area contributed by atoms with Crippen molar-refractivity contribution in [1.82, 2.24) is 14.8 Å². The monoisotopic (exact) mass is 476 g/mol. The maximum absolute atomic E-state index is 12.4. The number of halogens is 3. The fraction of sp³-hybridized carbons (Fsp3) is 0.0952. The van der Waals surface area contributed by atoms with Crippen molar-refractivity contribution in [2.24, 2.45) is 0 Å². The Morgan fingerprint density at radius 2 is 1.94 bits per heavy atom. The molecule has 1 N–H and O–H groups in total. The van der Waals surface area contributed by atoms with Crippen LogP contribution in [0.4, 0.5) is 5.95 Å². The Bertz CT molecular complexity index is 1220. The highest BCUT2D eigenvalue weighted by molar-refractivity contribution is 6.42. The summed E-state index contributed by atoms with van der Waals surface area (Å²) in [5.41, 5.74) is 0.964. The summed E-state index contributed by atoms with van der Waals surface area (Å²) in [6.07, 6.45) is 1.52. The molecule has 31 heavy (non-hydrogen) atoms. The Hall–Kier alpha value is -3.00. The topological polar surface area (TPSA) is 82.2 Å². The summed E-state index contributed by atoms with van der Waals surface area (Å²) in [5, 5.41) is 8.18. The fourth-order valence-electron chi connectivity index (χ4n) is 2.74. The molecule has 0 spiro atoms. The van der Waals surface area contributed by atoms with Gasteiger partial charge in [0.15, 0.2) is 5.76 Å². The SMILES string of the molecule is O=C(Nc1ncn(Cc2cccc(Cl)c2)n1)c1ccc(COc2cccc(Cl)c2Cl)o1. The van der Waals surface area contributed by atoms with Gasteiger partial charge < -0.3 is 9.15 Å². The summed E-state index contributed by atoms with van der Waals surface area (Å²) in [5.74, 6) is 0.646. The molecule has 1 amide bonds. The number of nitrogens with one attached hydrogen (secondary N) is 1. The normalized spacial score (nSPS) is 10.8. The van der Waals surface area contributed by atoms with E-state index in [0.29, 0.717) is 33.1 Å². The molecule has 0 atom stereocenters. The van der Waals surface area contributed by atoms with Crippen LogP contribution in [0.25, 0.3) is 0 Å². The van der Waals surface area contributed by atoms with Gasteiger partial charge in [0.1, 0.15) is 29.5 Å². The van der Waals surface area contributed by atoms with E-state index in [1.807, 2.05) is 18.2 Å². The lowest BCUT2D eigenvalue weighted by molar-refractivity contribution is 0.0991. The number of carbonyl (C=O) groups excluding carboxylic acids is 1. The second kappa shape index (κ2) is 9.43. The number of aromatic nitrogens is 3. The third kappa shape index (κ3) is 5.38. The first-order valence-corrected chi connectivity index (χ1v) is 10.2. The lowest BCUT2D eigenvalue weighted by Crippen LogP contribution is -2.12. The highest BCUT2D eigenvalue weighted by Gasteiger charge is 2.15. The first kappa shape index (κ1) is 21.2. The molecule has 2 aromatic carbocycles.